The molecule has 1 saturated heterocycles. The van der Waals surface area contributed by atoms with Crippen molar-refractivity contribution in [1.29, 1.82) is 0 Å². The molecule has 0 radical (unpaired) electrons. The largest absolute Gasteiger partial charge is 0.496 e. The Hall–Kier alpha value is -2.16. The van der Waals surface area contributed by atoms with E-state index in [2.05, 4.69) is 6.58 Å². The first-order chi connectivity index (χ1) is 14.5. The highest BCUT2D eigenvalue weighted by Gasteiger charge is 2.28. The maximum absolute atomic E-state index is 13.3. The molecule has 0 N–H and O–H groups in total. The van der Waals surface area contributed by atoms with E-state index < -0.39 is 10.0 Å². The Morgan fingerprint density at radius 2 is 1.97 bits per heavy atom. The molecule has 6 nitrogen and oxygen atoms in total. The number of carbonyl (C=O) groups excluding carboxylic acids is 1. The molecule has 162 valence electrons. The lowest BCUT2D eigenvalue weighted by Crippen LogP contribution is -2.33. The molecule has 1 aliphatic rings. The van der Waals surface area contributed by atoms with E-state index >= 15 is 0 Å². The van der Waals surface area contributed by atoms with Crippen LogP contribution in [0.3, 0.4) is 0 Å². The van der Waals surface area contributed by atoms with Crippen LogP contribution in [0.5, 0.6) is 5.75 Å². The fourth-order valence-corrected chi connectivity index (χ4v) is 5.85. The highest BCUT2D eigenvalue weighted by molar-refractivity contribution is 7.89. The number of hydrogen-bond acceptors (Lipinski definition) is 5. The van der Waals surface area contributed by atoms with Crippen LogP contribution < -0.4 is 4.74 Å². The maximum atomic E-state index is 13.3. The summed E-state index contributed by atoms with van der Waals surface area (Å²) in [6.07, 6.45) is 5.45. The third-order valence-electron chi connectivity index (χ3n) is 5.17. The Morgan fingerprint density at radius 1 is 1.23 bits per heavy atom. The highest BCUT2D eigenvalue weighted by Crippen LogP contribution is 2.28. The predicted molar refractivity (Wildman–Crippen MR) is 119 cm³/mol. The molecule has 3 rings (SSSR count). The van der Waals surface area contributed by atoms with Crippen LogP contribution in [0.4, 0.5) is 0 Å². The molecule has 0 bridgehead atoms. The van der Waals surface area contributed by atoms with Crippen molar-refractivity contribution in [2.45, 2.75) is 37.1 Å². The second-order valence-electron chi connectivity index (χ2n) is 7.23. The molecule has 2 heterocycles. The van der Waals surface area contributed by atoms with Crippen LogP contribution in [-0.4, -0.2) is 50.3 Å². The molecule has 0 unspecified atom stereocenters. The summed E-state index contributed by atoms with van der Waals surface area (Å²) in [5.74, 6) is 0.0723. The summed E-state index contributed by atoms with van der Waals surface area (Å²) in [4.78, 5) is 16.2. The number of thiophene rings is 1. The van der Waals surface area contributed by atoms with Gasteiger partial charge < -0.3 is 9.64 Å². The Morgan fingerprint density at radius 3 is 2.57 bits per heavy atom. The zero-order valence-electron chi connectivity index (χ0n) is 17.2. The average Bonchev–Trinajstić information content (AvgIpc) is 3.10. The Labute approximate surface area is 182 Å². The van der Waals surface area contributed by atoms with Crippen LogP contribution in [0, 0.1) is 0 Å². The third kappa shape index (κ3) is 5.11. The molecule has 1 aliphatic heterocycles. The van der Waals surface area contributed by atoms with Crippen molar-refractivity contribution in [1.82, 2.24) is 9.21 Å². The lowest BCUT2D eigenvalue weighted by atomic mass is 10.1. The summed E-state index contributed by atoms with van der Waals surface area (Å²) in [5, 5.41) is 1.96. The van der Waals surface area contributed by atoms with Gasteiger partial charge in [-0.1, -0.05) is 25.0 Å². The number of rotatable bonds is 8. The molecule has 2 aromatic rings. The molecule has 1 aromatic heterocycles. The van der Waals surface area contributed by atoms with Crippen molar-refractivity contribution < 1.29 is 17.9 Å². The molecule has 0 atom stereocenters. The minimum Gasteiger partial charge on any atom is -0.496 e. The van der Waals surface area contributed by atoms with E-state index in [-0.39, 0.29) is 16.4 Å². The van der Waals surface area contributed by atoms with Crippen molar-refractivity contribution in [2.24, 2.45) is 0 Å². The first-order valence-corrected chi connectivity index (χ1v) is 12.4. The number of carbonyl (C=O) groups is 1. The van der Waals surface area contributed by atoms with E-state index in [1.54, 1.807) is 28.4 Å². The zero-order valence-corrected chi connectivity index (χ0v) is 18.9. The van der Waals surface area contributed by atoms with Gasteiger partial charge in [0, 0.05) is 24.5 Å². The van der Waals surface area contributed by atoms with Crippen molar-refractivity contribution >= 4 is 27.3 Å². The molecule has 1 aromatic carbocycles. The van der Waals surface area contributed by atoms with Gasteiger partial charge in [-0.25, -0.2) is 8.42 Å². The normalized spacial score (nSPS) is 15.4. The van der Waals surface area contributed by atoms with Gasteiger partial charge >= 0.3 is 0 Å². The van der Waals surface area contributed by atoms with E-state index in [0.29, 0.717) is 31.9 Å². The van der Waals surface area contributed by atoms with Crippen molar-refractivity contribution in [3.05, 3.63) is 58.8 Å². The SMILES string of the molecule is C=CCN(Cc1cccs1)C(=O)c1cc(S(=O)(=O)N2CCCCCC2)ccc1OC. The highest BCUT2D eigenvalue weighted by atomic mass is 32.2. The van der Waals surface area contributed by atoms with Gasteiger partial charge in [0.2, 0.25) is 10.0 Å². The van der Waals surface area contributed by atoms with Gasteiger partial charge in [0.15, 0.2) is 0 Å². The lowest BCUT2D eigenvalue weighted by Gasteiger charge is -2.23. The van der Waals surface area contributed by atoms with Crippen LogP contribution in [0.15, 0.2) is 53.3 Å². The van der Waals surface area contributed by atoms with Gasteiger partial charge in [-0.3, -0.25) is 4.79 Å². The average molecular weight is 449 g/mol. The van der Waals surface area contributed by atoms with E-state index in [1.165, 1.54) is 23.5 Å². The van der Waals surface area contributed by atoms with Crippen molar-refractivity contribution in [3.63, 3.8) is 0 Å². The molecule has 0 saturated carbocycles. The van der Waals surface area contributed by atoms with Crippen molar-refractivity contribution in [3.8, 4) is 5.75 Å². The minimum absolute atomic E-state index is 0.128. The lowest BCUT2D eigenvalue weighted by molar-refractivity contribution is 0.0760. The summed E-state index contributed by atoms with van der Waals surface area (Å²) >= 11 is 1.57. The van der Waals surface area contributed by atoms with Gasteiger partial charge in [-0.15, -0.1) is 17.9 Å². The third-order valence-corrected chi connectivity index (χ3v) is 7.92. The Kier molecular flexibility index (Phi) is 7.69. The van der Waals surface area contributed by atoms with E-state index in [0.717, 1.165) is 30.6 Å². The maximum Gasteiger partial charge on any atom is 0.258 e. The first-order valence-electron chi connectivity index (χ1n) is 10.1. The number of ether oxygens (including phenoxy) is 1. The smallest absolute Gasteiger partial charge is 0.258 e. The van der Waals surface area contributed by atoms with E-state index in [9.17, 15) is 13.2 Å². The molecule has 30 heavy (non-hydrogen) atoms. The Balaban J connectivity index is 1.94. The van der Waals surface area contributed by atoms with Crippen molar-refractivity contribution in [2.75, 3.05) is 26.7 Å². The van der Waals surface area contributed by atoms with E-state index in [4.69, 9.17) is 4.74 Å². The topological polar surface area (TPSA) is 66.9 Å². The molecule has 0 spiro atoms. The van der Waals surface area contributed by atoms with Crippen LogP contribution >= 0.6 is 11.3 Å². The number of benzene rings is 1. The number of amides is 1. The van der Waals surface area contributed by atoms with Gasteiger partial charge in [0.05, 0.1) is 24.1 Å². The fourth-order valence-electron chi connectivity index (χ4n) is 3.58. The standard InChI is InChI=1S/C22H28N2O4S2/c1-3-12-23(17-18-9-8-15-29-18)22(25)20-16-19(10-11-21(20)28-2)30(26,27)24-13-6-4-5-7-14-24/h3,8-11,15-16H,1,4-7,12-14,17H2,2H3. The number of sulfonamides is 1. The molecular weight excluding hydrogens is 420 g/mol. The summed E-state index contributed by atoms with van der Waals surface area (Å²) in [7, 11) is -2.19. The Bertz CT molecular complexity index is 963. The quantitative estimate of drug-likeness (QED) is 0.569. The van der Waals surface area contributed by atoms with Gasteiger partial charge in [0.25, 0.3) is 5.91 Å². The van der Waals surface area contributed by atoms with Gasteiger partial charge in [0.1, 0.15) is 5.75 Å². The summed E-state index contributed by atoms with van der Waals surface area (Å²) in [6.45, 7) is 5.55. The number of hydrogen-bond donors (Lipinski definition) is 0. The number of methoxy groups -OCH3 is 1. The van der Waals surface area contributed by atoms with Crippen LogP contribution in [-0.2, 0) is 16.6 Å². The molecule has 1 amide bonds. The van der Waals surface area contributed by atoms with Crippen LogP contribution in [0.2, 0.25) is 0 Å². The van der Waals surface area contributed by atoms with Gasteiger partial charge in [-0.05, 0) is 42.5 Å². The summed E-state index contributed by atoms with van der Waals surface area (Å²) in [5.41, 5.74) is 0.242. The monoisotopic (exact) mass is 448 g/mol. The second kappa shape index (κ2) is 10.2. The second-order valence-corrected chi connectivity index (χ2v) is 10.2. The first kappa shape index (κ1) is 22.5. The van der Waals surface area contributed by atoms with Crippen LogP contribution in [0.1, 0.15) is 40.9 Å². The minimum atomic E-state index is -3.67. The molecule has 0 aliphatic carbocycles. The fraction of sp³-hybridized carbons (Fsp3) is 0.409. The number of nitrogens with zero attached hydrogens (tertiary/aromatic N) is 2. The van der Waals surface area contributed by atoms with Gasteiger partial charge in [-0.2, -0.15) is 4.31 Å². The molecule has 1 fully saturated rings. The zero-order chi connectivity index (χ0) is 21.6. The summed E-state index contributed by atoms with van der Waals surface area (Å²) in [6, 6.07) is 8.44. The predicted octanol–water partition coefficient (Wildman–Crippen LogP) is 4.15. The molecular formula is C22H28N2O4S2. The van der Waals surface area contributed by atoms with E-state index in [1.807, 2.05) is 17.5 Å². The van der Waals surface area contributed by atoms with Crippen LogP contribution in [0.25, 0.3) is 0 Å². The summed E-state index contributed by atoms with van der Waals surface area (Å²) < 4.78 is 33.3. The molecule has 8 heteroatoms.